The second-order valence-electron chi connectivity index (χ2n) is 5.08. The summed E-state index contributed by atoms with van der Waals surface area (Å²) in [7, 11) is 0. The third-order valence-electron chi connectivity index (χ3n) is 3.50. The molecule has 16 heavy (non-hydrogen) atoms. The summed E-state index contributed by atoms with van der Waals surface area (Å²) in [6, 6.07) is 0. The highest BCUT2D eigenvalue weighted by molar-refractivity contribution is 5.76. The molecule has 0 heterocycles. The summed E-state index contributed by atoms with van der Waals surface area (Å²) in [6.45, 7) is 3.04. The van der Waals surface area contributed by atoms with E-state index < -0.39 is 0 Å². The summed E-state index contributed by atoms with van der Waals surface area (Å²) in [4.78, 5) is 11.6. The highest BCUT2D eigenvalue weighted by atomic mass is 16.3. The van der Waals surface area contributed by atoms with E-state index >= 15 is 0 Å². The molecule has 1 rings (SSSR count). The van der Waals surface area contributed by atoms with Crippen molar-refractivity contribution in [1.29, 1.82) is 0 Å². The monoisotopic (exact) mass is 228 g/mol. The Morgan fingerprint density at radius 2 is 2.25 bits per heavy atom. The highest BCUT2D eigenvalue weighted by Gasteiger charge is 2.37. The zero-order valence-electron chi connectivity index (χ0n) is 10.2. The number of amides is 1. The maximum absolute atomic E-state index is 11.6. The Balaban J connectivity index is 2.11. The largest absolute Gasteiger partial charge is 0.393 e. The van der Waals surface area contributed by atoms with Gasteiger partial charge in [0.25, 0.3) is 0 Å². The fourth-order valence-corrected chi connectivity index (χ4v) is 2.16. The SMILES string of the molecule is CC(O)CCCNC(=O)CC1(CN)CCC1. The molecular weight excluding hydrogens is 204 g/mol. The number of rotatable bonds is 7. The first-order valence-electron chi connectivity index (χ1n) is 6.23. The van der Waals surface area contributed by atoms with E-state index in [4.69, 9.17) is 10.8 Å². The zero-order chi connectivity index (χ0) is 12.0. The quantitative estimate of drug-likeness (QED) is 0.564. The van der Waals surface area contributed by atoms with Crippen molar-refractivity contribution in [3.8, 4) is 0 Å². The number of carbonyl (C=O) groups is 1. The maximum atomic E-state index is 11.6. The van der Waals surface area contributed by atoms with Gasteiger partial charge in [-0.05, 0) is 44.6 Å². The molecule has 1 amide bonds. The Hall–Kier alpha value is -0.610. The van der Waals surface area contributed by atoms with Crippen LogP contribution in [-0.2, 0) is 4.79 Å². The number of nitrogens with two attached hydrogens (primary N) is 1. The van der Waals surface area contributed by atoms with Crippen LogP contribution < -0.4 is 11.1 Å². The van der Waals surface area contributed by atoms with Gasteiger partial charge in [0.2, 0.25) is 5.91 Å². The average molecular weight is 228 g/mol. The molecule has 0 bridgehead atoms. The van der Waals surface area contributed by atoms with Gasteiger partial charge < -0.3 is 16.2 Å². The lowest BCUT2D eigenvalue weighted by Gasteiger charge is -2.40. The van der Waals surface area contributed by atoms with Crippen molar-refractivity contribution in [3.63, 3.8) is 0 Å². The van der Waals surface area contributed by atoms with E-state index in [1.54, 1.807) is 6.92 Å². The predicted octanol–water partition coefficient (Wildman–Crippen LogP) is 0.783. The molecule has 1 saturated carbocycles. The molecule has 1 unspecified atom stereocenters. The second-order valence-corrected chi connectivity index (χ2v) is 5.08. The van der Waals surface area contributed by atoms with E-state index in [-0.39, 0.29) is 17.4 Å². The molecule has 1 aliphatic carbocycles. The minimum Gasteiger partial charge on any atom is -0.393 e. The first kappa shape index (κ1) is 13.5. The molecule has 4 N–H and O–H groups in total. The van der Waals surface area contributed by atoms with Crippen molar-refractivity contribution in [2.24, 2.45) is 11.1 Å². The summed E-state index contributed by atoms with van der Waals surface area (Å²) < 4.78 is 0. The van der Waals surface area contributed by atoms with Gasteiger partial charge in [0.1, 0.15) is 0 Å². The lowest BCUT2D eigenvalue weighted by atomic mass is 9.66. The van der Waals surface area contributed by atoms with Gasteiger partial charge in [-0.1, -0.05) is 6.42 Å². The third-order valence-corrected chi connectivity index (χ3v) is 3.50. The number of carbonyl (C=O) groups excluding carboxylic acids is 1. The zero-order valence-corrected chi connectivity index (χ0v) is 10.2. The van der Waals surface area contributed by atoms with Crippen LogP contribution >= 0.6 is 0 Å². The molecule has 4 nitrogen and oxygen atoms in total. The Morgan fingerprint density at radius 1 is 1.56 bits per heavy atom. The van der Waals surface area contributed by atoms with E-state index in [1.165, 1.54) is 6.42 Å². The molecule has 4 heteroatoms. The van der Waals surface area contributed by atoms with Gasteiger partial charge in [0.05, 0.1) is 6.10 Å². The predicted molar refractivity (Wildman–Crippen MR) is 63.9 cm³/mol. The van der Waals surface area contributed by atoms with Gasteiger partial charge in [-0.25, -0.2) is 0 Å². The smallest absolute Gasteiger partial charge is 0.220 e. The number of nitrogens with one attached hydrogen (secondary N) is 1. The number of aliphatic hydroxyl groups excluding tert-OH is 1. The van der Waals surface area contributed by atoms with Crippen LogP contribution in [0, 0.1) is 5.41 Å². The van der Waals surface area contributed by atoms with Crippen LogP contribution in [0.15, 0.2) is 0 Å². The van der Waals surface area contributed by atoms with Crippen molar-refractivity contribution < 1.29 is 9.90 Å². The Bertz CT molecular complexity index is 220. The van der Waals surface area contributed by atoms with Crippen LogP contribution in [-0.4, -0.2) is 30.2 Å². The van der Waals surface area contributed by atoms with E-state index in [2.05, 4.69) is 5.32 Å². The van der Waals surface area contributed by atoms with Crippen molar-refractivity contribution in [2.75, 3.05) is 13.1 Å². The summed E-state index contributed by atoms with van der Waals surface area (Å²) >= 11 is 0. The molecule has 1 aliphatic rings. The van der Waals surface area contributed by atoms with Gasteiger partial charge in [-0.3, -0.25) is 4.79 Å². The van der Waals surface area contributed by atoms with Gasteiger partial charge in [-0.2, -0.15) is 0 Å². The number of aliphatic hydroxyl groups is 1. The normalized spacial score (nSPS) is 19.9. The lowest BCUT2D eigenvalue weighted by molar-refractivity contribution is -0.124. The molecular formula is C12H24N2O2. The van der Waals surface area contributed by atoms with E-state index in [1.807, 2.05) is 0 Å². The lowest BCUT2D eigenvalue weighted by Crippen LogP contribution is -2.42. The molecule has 0 saturated heterocycles. The van der Waals surface area contributed by atoms with Crippen molar-refractivity contribution in [2.45, 2.75) is 51.6 Å². The van der Waals surface area contributed by atoms with Crippen molar-refractivity contribution >= 4 is 5.91 Å². The standard InChI is InChI=1S/C12H24N2O2/c1-10(15)4-2-7-14-11(16)8-12(9-13)5-3-6-12/h10,15H,2-9,13H2,1H3,(H,14,16). The van der Waals surface area contributed by atoms with E-state index in [0.29, 0.717) is 19.5 Å². The van der Waals surface area contributed by atoms with Crippen LogP contribution in [0.4, 0.5) is 0 Å². The third kappa shape index (κ3) is 4.10. The van der Waals surface area contributed by atoms with Gasteiger partial charge in [0, 0.05) is 13.0 Å². The van der Waals surface area contributed by atoms with Crippen LogP contribution in [0.25, 0.3) is 0 Å². The molecule has 0 aromatic rings. The van der Waals surface area contributed by atoms with Crippen LogP contribution in [0.5, 0.6) is 0 Å². The maximum Gasteiger partial charge on any atom is 0.220 e. The highest BCUT2D eigenvalue weighted by Crippen LogP contribution is 2.42. The first-order chi connectivity index (χ1) is 7.58. The number of hydrogen-bond acceptors (Lipinski definition) is 3. The van der Waals surface area contributed by atoms with Crippen molar-refractivity contribution in [3.05, 3.63) is 0 Å². The molecule has 0 spiro atoms. The van der Waals surface area contributed by atoms with Gasteiger partial charge in [-0.15, -0.1) is 0 Å². The summed E-state index contributed by atoms with van der Waals surface area (Å²) in [5.41, 5.74) is 5.79. The molecule has 0 aromatic heterocycles. The summed E-state index contributed by atoms with van der Waals surface area (Å²) in [6.07, 6.45) is 5.24. The first-order valence-corrected chi connectivity index (χ1v) is 6.23. The van der Waals surface area contributed by atoms with Crippen LogP contribution in [0.2, 0.25) is 0 Å². The van der Waals surface area contributed by atoms with Gasteiger partial charge in [0.15, 0.2) is 0 Å². The Kier molecular flexibility index (Phi) is 5.22. The molecule has 0 radical (unpaired) electrons. The average Bonchev–Trinajstić information content (AvgIpc) is 2.18. The molecule has 1 atom stereocenters. The van der Waals surface area contributed by atoms with Gasteiger partial charge >= 0.3 is 0 Å². The minimum atomic E-state index is -0.279. The topological polar surface area (TPSA) is 75.3 Å². The Morgan fingerprint density at radius 3 is 2.69 bits per heavy atom. The molecule has 1 fully saturated rings. The second kappa shape index (κ2) is 6.21. The fraction of sp³-hybridized carbons (Fsp3) is 0.917. The molecule has 94 valence electrons. The van der Waals surface area contributed by atoms with Crippen molar-refractivity contribution in [1.82, 2.24) is 5.32 Å². The van der Waals surface area contributed by atoms with E-state index in [9.17, 15) is 4.79 Å². The van der Waals surface area contributed by atoms with Crippen LogP contribution in [0.1, 0.15) is 45.4 Å². The fourth-order valence-electron chi connectivity index (χ4n) is 2.16. The van der Waals surface area contributed by atoms with Crippen LogP contribution in [0.3, 0.4) is 0 Å². The Labute approximate surface area is 97.6 Å². The summed E-state index contributed by atoms with van der Waals surface area (Å²) in [5, 5.41) is 12.0. The molecule has 0 aliphatic heterocycles. The molecule has 0 aromatic carbocycles. The summed E-state index contributed by atoms with van der Waals surface area (Å²) in [5.74, 6) is 0.107. The van der Waals surface area contributed by atoms with E-state index in [0.717, 1.165) is 25.7 Å². The number of hydrogen-bond donors (Lipinski definition) is 3. The minimum absolute atomic E-state index is 0.0916.